The fourth-order valence-corrected chi connectivity index (χ4v) is 3.72. The average Bonchev–Trinajstić information content (AvgIpc) is 2.87. The summed E-state index contributed by atoms with van der Waals surface area (Å²) in [5.41, 5.74) is -0.362. The molecule has 23 heavy (non-hydrogen) atoms. The number of amidine groups is 1. The second-order valence-electron chi connectivity index (χ2n) is 5.09. The largest absolute Gasteiger partial charge is 0.366 e. The first-order valence-electron chi connectivity index (χ1n) is 7.13. The maximum atomic E-state index is 11.2. The number of aliphatic imine (C=N–C) groups is 1. The van der Waals surface area contributed by atoms with Gasteiger partial charge in [0.1, 0.15) is 0 Å². The van der Waals surface area contributed by atoms with Crippen LogP contribution in [0.5, 0.6) is 0 Å². The van der Waals surface area contributed by atoms with E-state index in [4.69, 9.17) is 11.6 Å². The number of halogens is 1. The van der Waals surface area contributed by atoms with Gasteiger partial charge in [0.25, 0.3) is 0 Å². The Labute approximate surface area is 144 Å². The molecule has 0 bridgehead atoms. The number of nitrogens with zero attached hydrogens (tertiary/aromatic N) is 3. The summed E-state index contributed by atoms with van der Waals surface area (Å²) in [6.45, 7) is 4.27. The van der Waals surface area contributed by atoms with E-state index in [2.05, 4.69) is 16.6 Å². The number of hydrogen-bond donors (Lipinski definition) is 1. The number of hydrogen-bond acceptors (Lipinski definition) is 4. The molecule has 1 aliphatic heterocycles. The summed E-state index contributed by atoms with van der Waals surface area (Å²) in [4.78, 5) is 10.6. The third kappa shape index (κ3) is 3.27. The van der Waals surface area contributed by atoms with Gasteiger partial charge in [-0.05, 0) is 24.3 Å². The van der Waals surface area contributed by atoms with Gasteiger partial charge in [0.2, 0.25) is 0 Å². The van der Waals surface area contributed by atoms with Crippen molar-refractivity contribution < 1.29 is 5.11 Å². The predicted molar refractivity (Wildman–Crippen MR) is 96.0 cm³/mol. The molecule has 1 saturated heterocycles. The second-order valence-corrected chi connectivity index (χ2v) is 6.47. The lowest BCUT2D eigenvalue weighted by atomic mass is 10.0. The van der Waals surface area contributed by atoms with E-state index in [1.807, 2.05) is 35.2 Å². The van der Waals surface area contributed by atoms with Gasteiger partial charge in [-0.25, -0.2) is 9.98 Å². The van der Waals surface area contributed by atoms with E-state index in [0.29, 0.717) is 23.1 Å². The molecule has 0 aliphatic carbocycles. The van der Waals surface area contributed by atoms with Crippen molar-refractivity contribution in [3.63, 3.8) is 0 Å². The molecule has 1 aliphatic rings. The summed E-state index contributed by atoms with van der Waals surface area (Å²) < 4.78 is 0. The fourth-order valence-electron chi connectivity index (χ4n) is 2.40. The molecule has 1 atom stereocenters. The van der Waals surface area contributed by atoms with E-state index in [1.165, 1.54) is 11.8 Å². The van der Waals surface area contributed by atoms with Crippen molar-refractivity contribution in [2.24, 2.45) is 4.99 Å². The van der Waals surface area contributed by atoms with Crippen LogP contribution in [0.2, 0.25) is 5.02 Å². The van der Waals surface area contributed by atoms with Crippen LogP contribution < -0.4 is 0 Å². The lowest BCUT2D eigenvalue weighted by Crippen LogP contribution is -2.45. The molecule has 0 radical (unpaired) electrons. The van der Waals surface area contributed by atoms with E-state index in [-0.39, 0.29) is 0 Å². The smallest absolute Gasteiger partial charge is 0.175 e. The number of aromatic nitrogens is 1. The first-order chi connectivity index (χ1) is 11.1. The quantitative estimate of drug-likeness (QED) is 0.856. The Kier molecular flexibility index (Phi) is 4.71. The van der Waals surface area contributed by atoms with Crippen molar-refractivity contribution in [2.75, 3.05) is 12.3 Å². The van der Waals surface area contributed by atoms with Crippen molar-refractivity contribution in [3.05, 3.63) is 71.9 Å². The molecule has 1 aromatic heterocycles. The monoisotopic (exact) mass is 345 g/mol. The molecule has 4 nitrogen and oxygen atoms in total. The molecule has 0 saturated carbocycles. The Morgan fingerprint density at radius 3 is 2.78 bits per heavy atom. The second kappa shape index (κ2) is 6.74. The normalized spacial score (nSPS) is 22.5. The van der Waals surface area contributed by atoms with E-state index in [9.17, 15) is 5.11 Å². The van der Waals surface area contributed by atoms with Crippen LogP contribution in [0.3, 0.4) is 0 Å². The van der Waals surface area contributed by atoms with Gasteiger partial charge < -0.3 is 10.0 Å². The van der Waals surface area contributed by atoms with Gasteiger partial charge in [0.15, 0.2) is 16.7 Å². The molecule has 1 N–H and O–H groups in total. The molecule has 0 spiro atoms. The van der Waals surface area contributed by atoms with Crippen LogP contribution >= 0.6 is 23.4 Å². The van der Waals surface area contributed by atoms with Crippen LogP contribution in [0, 0.1) is 0 Å². The van der Waals surface area contributed by atoms with Gasteiger partial charge >= 0.3 is 0 Å². The van der Waals surface area contributed by atoms with Crippen molar-refractivity contribution in [3.8, 4) is 0 Å². The van der Waals surface area contributed by atoms with Gasteiger partial charge in [0.05, 0.1) is 5.75 Å². The Bertz CT molecular complexity index is 720. The lowest BCUT2D eigenvalue weighted by Gasteiger charge is -2.33. The topological polar surface area (TPSA) is 48.7 Å². The van der Waals surface area contributed by atoms with E-state index in [0.717, 1.165) is 10.7 Å². The molecule has 3 rings (SSSR count). The van der Waals surface area contributed by atoms with Gasteiger partial charge in [0, 0.05) is 23.3 Å². The molecule has 2 aromatic rings. The zero-order valence-corrected chi connectivity index (χ0v) is 14.0. The van der Waals surface area contributed by atoms with E-state index >= 15 is 0 Å². The third-order valence-electron chi connectivity index (χ3n) is 3.56. The van der Waals surface area contributed by atoms with Crippen LogP contribution in [-0.4, -0.2) is 32.5 Å². The summed E-state index contributed by atoms with van der Waals surface area (Å²) in [5.74, 6) is 1.10. The maximum Gasteiger partial charge on any atom is 0.175 e. The van der Waals surface area contributed by atoms with Crippen LogP contribution in [0.1, 0.15) is 5.56 Å². The summed E-state index contributed by atoms with van der Waals surface area (Å²) in [5, 5.41) is 12.6. The highest BCUT2D eigenvalue weighted by Crippen LogP contribution is 2.39. The molecule has 0 amide bonds. The molecule has 1 fully saturated rings. The van der Waals surface area contributed by atoms with Gasteiger partial charge in [-0.1, -0.05) is 47.6 Å². The summed E-state index contributed by atoms with van der Waals surface area (Å²) in [7, 11) is 0. The lowest BCUT2D eigenvalue weighted by molar-refractivity contribution is -0.0422. The average molecular weight is 346 g/mol. The molecule has 1 aromatic carbocycles. The Morgan fingerprint density at radius 2 is 2.13 bits per heavy atom. The molecule has 2 heterocycles. The Morgan fingerprint density at radius 1 is 1.35 bits per heavy atom. The summed E-state index contributed by atoms with van der Waals surface area (Å²) in [6.07, 6.45) is 3.45. The van der Waals surface area contributed by atoms with Crippen LogP contribution in [0.4, 0.5) is 5.82 Å². The third-order valence-corrected chi connectivity index (χ3v) is 4.93. The zero-order chi connectivity index (χ0) is 16.3. The molecule has 118 valence electrons. The molecule has 6 heteroatoms. The number of benzene rings is 1. The summed E-state index contributed by atoms with van der Waals surface area (Å²) >= 11 is 7.45. The first-order valence-corrected chi connectivity index (χ1v) is 8.49. The van der Waals surface area contributed by atoms with Crippen molar-refractivity contribution >= 4 is 34.3 Å². The van der Waals surface area contributed by atoms with Crippen LogP contribution in [-0.2, 0) is 5.72 Å². The number of rotatable bonds is 4. The number of pyridine rings is 1. The maximum absolute atomic E-state index is 11.2. The minimum atomic E-state index is -1.14. The molecular weight excluding hydrogens is 330 g/mol. The predicted octanol–water partition coefficient (Wildman–Crippen LogP) is 3.80. The highest BCUT2D eigenvalue weighted by atomic mass is 35.5. The SMILES string of the molecule is C=CCN1/C(=N\c2ccccn2)SCC1(O)c1ccc(Cl)cc1. The standard InChI is InChI=1S/C17H16ClN3OS/c1-2-11-21-16(20-15-5-3-4-10-19-15)23-12-17(21,22)13-6-8-14(18)9-7-13/h2-10,22H,1,11-12H2/b20-16+. The molecule has 1 unspecified atom stereocenters. The van der Waals surface area contributed by atoms with Crippen molar-refractivity contribution in [2.45, 2.75) is 5.72 Å². The van der Waals surface area contributed by atoms with E-state index in [1.54, 1.807) is 24.4 Å². The number of thioether (sulfide) groups is 1. The van der Waals surface area contributed by atoms with Crippen molar-refractivity contribution in [1.82, 2.24) is 9.88 Å². The van der Waals surface area contributed by atoms with Gasteiger partial charge in [-0.2, -0.15) is 0 Å². The summed E-state index contributed by atoms with van der Waals surface area (Å²) in [6, 6.07) is 12.8. The number of aliphatic hydroxyl groups is 1. The minimum absolute atomic E-state index is 0.480. The van der Waals surface area contributed by atoms with Gasteiger partial charge in [-0.3, -0.25) is 0 Å². The van der Waals surface area contributed by atoms with Gasteiger partial charge in [-0.15, -0.1) is 6.58 Å². The van der Waals surface area contributed by atoms with Crippen molar-refractivity contribution in [1.29, 1.82) is 0 Å². The minimum Gasteiger partial charge on any atom is -0.366 e. The Balaban J connectivity index is 1.97. The fraction of sp³-hybridized carbons (Fsp3) is 0.176. The van der Waals surface area contributed by atoms with E-state index < -0.39 is 5.72 Å². The molecular formula is C17H16ClN3OS. The highest BCUT2D eigenvalue weighted by Gasteiger charge is 2.44. The first kappa shape index (κ1) is 16.1. The zero-order valence-electron chi connectivity index (χ0n) is 12.4. The Hall–Kier alpha value is -1.82. The van der Waals surface area contributed by atoms with Crippen LogP contribution in [0.15, 0.2) is 66.3 Å². The van der Waals surface area contributed by atoms with Crippen LogP contribution in [0.25, 0.3) is 0 Å². The highest BCUT2D eigenvalue weighted by molar-refractivity contribution is 8.14.